The van der Waals surface area contributed by atoms with Crippen molar-refractivity contribution in [2.75, 3.05) is 5.32 Å². The smallest absolute Gasteiger partial charge is 0.209 e. The highest BCUT2D eigenvalue weighted by atomic mass is 16.1. The van der Waals surface area contributed by atoms with Gasteiger partial charge in [-0.05, 0) is 12.1 Å². The predicted molar refractivity (Wildman–Crippen MR) is 97.5 cm³/mol. The number of nitrogens with one attached hydrogen (secondary N) is 1. The Balaban J connectivity index is 1.95. The van der Waals surface area contributed by atoms with Gasteiger partial charge in [0.1, 0.15) is 5.82 Å². The van der Waals surface area contributed by atoms with E-state index in [4.69, 9.17) is 0 Å². The number of ketones is 2. The fourth-order valence-corrected chi connectivity index (χ4v) is 2.29. The number of benzene rings is 2. The van der Waals surface area contributed by atoms with E-state index in [2.05, 4.69) is 10.3 Å². The van der Waals surface area contributed by atoms with Crippen LogP contribution in [0, 0.1) is 0 Å². The molecule has 0 aliphatic rings. The number of aromatic nitrogens is 1. The first kappa shape index (κ1) is 16.3. The number of hydrogen-bond donors (Lipinski definition) is 1. The van der Waals surface area contributed by atoms with Crippen molar-refractivity contribution in [1.82, 2.24) is 4.98 Å². The Kier molecular flexibility index (Phi) is 5.12. The van der Waals surface area contributed by atoms with Crippen molar-refractivity contribution in [3.05, 3.63) is 108 Å². The monoisotopic (exact) mass is 328 g/mol. The van der Waals surface area contributed by atoms with E-state index in [1.807, 2.05) is 12.1 Å². The Morgan fingerprint density at radius 3 is 1.96 bits per heavy atom. The molecule has 4 heteroatoms. The van der Waals surface area contributed by atoms with Crippen LogP contribution >= 0.6 is 0 Å². The molecule has 25 heavy (non-hydrogen) atoms. The summed E-state index contributed by atoms with van der Waals surface area (Å²) in [5.41, 5.74) is 1.19. The molecule has 3 aromatic rings. The number of nitrogens with zero attached hydrogens (tertiary/aromatic N) is 1. The molecule has 122 valence electrons. The molecule has 0 bridgehead atoms. The first-order valence-electron chi connectivity index (χ1n) is 7.83. The van der Waals surface area contributed by atoms with Crippen LogP contribution in [0.5, 0.6) is 0 Å². The van der Waals surface area contributed by atoms with E-state index in [0.717, 1.165) is 0 Å². The van der Waals surface area contributed by atoms with Crippen molar-refractivity contribution in [1.29, 1.82) is 0 Å². The summed E-state index contributed by atoms with van der Waals surface area (Å²) in [6.07, 6.45) is 2.94. The molecular weight excluding hydrogens is 312 g/mol. The molecule has 0 saturated heterocycles. The van der Waals surface area contributed by atoms with E-state index < -0.39 is 0 Å². The third kappa shape index (κ3) is 4.26. The molecule has 1 aromatic heterocycles. The molecule has 4 nitrogen and oxygen atoms in total. The molecule has 0 spiro atoms. The lowest BCUT2D eigenvalue weighted by molar-refractivity contribution is 0.101. The van der Waals surface area contributed by atoms with Gasteiger partial charge in [0.25, 0.3) is 0 Å². The van der Waals surface area contributed by atoms with Crippen LogP contribution in [0.3, 0.4) is 0 Å². The fourth-order valence-electron chi connectivity index (χ4n) is 2.29. The minimum atomic E-state index is -0.268. The zero-order valence-corrected chi connectivity index (χ0v) is 13.4. The van der Waals surface area contributed by atoms with Crippen LogP contribution in [0.4, 0.5) is 5.82 Å². The molecule has 3 rings (SSSR count). The van der Waals surface area contributed by atoms with Crippen molar-refractivity contribution < 1.29 is 9.59 Å². The van der Waals surface area contributed by atoms with Crippen LogP contribution in [-0.2, 0) is 0 Å². The highest BCUT2D eigenvalue weighted by Crippen LogP contribution is 2.13. The molecule has 1 heterocycles. The molecule has 0 atom stereocenters. The number of Topliss-reactive ketones (excluding diaryl/α,β-unsaturated/α-hetero) is 1. The van der Waals surface area contributed by atoms with Gasteiger partial charge in [-0.25, -0.2) is 4.98 Å². The molecule has 0 fully saturated rings. The quantitative estimate of drug-likeness (QED) is 0.546. The Bertz CT molecular complexity index is 889. The second-order valence-corrected chi connectivity index (χ2v) is 5.32. The third-order valence-corrected chi connectivity index (χ3v) is 3.54. The van der Waals surface area contributed by atoms with Gasteiger partial charge in [-0.2, -0.15) is 0 Å². The van der Waals surface area contributed by atoms with Gasteiger partial charge in [-0.1, -0.05) is 66.7 Å². The van der Waals surface area contributed by atoms with E-state index >= 15 is 0 Å². The molecule has 0 amide bonds. The summed E-state index contributed by atoms with van der Waals surface area (Å²) in [5, 5.41) is 2.96. The average molecular weight is 328 g/mol. The van der Waals surface area contributed by atoms with E-state index in [0.29, 0.717) is 16.9 Å². The lowest BCUT2D eigenvalue weighted by Crippen LogP contribution is -2.14. The molecule has 0 radical (unpaired) electrons. The van der Waals surface area contributed by atoms with Gasteiger partial charge in [0.2, 0.25) is 5.78 Å². The van der Waals surface area contributed by atoms with Crippen molar-refractivity contribution in [2.24, 2.45) is 0 Å². The topological polar surface area (TPSA) is 59.1 Å². The number of rotatable bonds is 6. The minimum absolute atomic E-state index is 0.179. The Labute approximate surface area is 145 Å². The maximum Gasteiger partial charge on any atom is 0.209 e. The number of hydrogen-bond acceptors (Lipinski definition) is 4. The van der Waals surface area contributed by atoms with Crippen LogP contribution in [0.15, 0.2) is 96.8 Å². The highest BCUT2D eigenvalue weighted by molar-refractivity contribution is 6.16. The normalized spacial score (nSPS) is 11.0. The lowest BCUT2D eigenvalue weighted by Gasteiger charge is -2.09. The van der Waals surface area contributed by atoms with Gasteiger partial charge in [0.05, 0.1) is 5.70 Å². The maximum atomic E-state index is 12.8. The first-order chi connectivity index (χ1) is 12.2. The van der Waals surface area contributed by atoms with Crippen molar-refractivity contribution in [2.45, 2.75) is 0 Å². The Morgan fingerprint density at radius 1 is 0.760 bits per heavy atom. The van der Waals surface area contributed by atoms with Gasteiger partial charge in [-0.3, -0.25) is 9.59 Å². The second kappa shape index (κ2) is 7.84. The van der Waals surface area contributed by atoms with Gasteiger partial charge < -0.3 is 5.32 Å². The van der Waals surface area contributed by atoms with Crippen molar-refractivity contribution in [3.8, 4) is 0 Å². The van der Waals surface area contributed by atoms with Crippen LogP contribution in [0.25, 0.3) is 0 Å². The third-order valence-electron chi connectivity index (χ3n) is 3.54. The van der Waals surface area contributed by atoms with Gasteiger partial charge in [0.15, 0.2) is 5.78 Å². The number of allylic oxidation sites excluding steroid dienone is 2. The van der Waals surface area contributed by atoms with E-state index in [1.54, 1.807) is 72.9 Å². The molecule has 0 aliphatic carbocycles. The van der Waals surface area contributed by atoms with Gasteiger partial charge >= 0.3 is 0 Å². The lowest BCUT2D eigenvalue weighted by atomic mass is 10.0. The zero-order chi connectivity index (χ0) is 17.5. The van der Waals surface area contributed by atoms with Crippen molar-refractivity contribution >= 4 is 17.4 Å². The van der Waals surface area contributed by atoms with Gasteiger partial charge in [0, 0.05) is 23.4 Å². The van der Waals surface area contributed by atoms with E-state index in [1.165, 1.54) is 6.08 Å². The minimum Gasteiger partial charge on any atom is -0.337 e. The van der Waals surface area contributed by atoms with Gasteiger partial charge in [-0.15, -0.1) is 0 Å². The Hall–Kier alpha value is -3.53. The summed E-state index contributed by atoms with van der Waals surface area (Å²) in [5.74, 6) is -0.0160. The molecule has 2 aromatic carbocycles. The molecular formula is C21H16N2O2. The standard InChI is InChI=1S/C21H16N2O2/c24-19(16-9-3-1-4-10-16)15-18(23-20-13-7-8-14-22-20)21(25)17-11-5-2-6-12-17/h1-15H,(H,22,23)/b18-15+. The summed E-state index contributed by atoms with van der Waals surface area (Å²) in [7, 11) is 0. The average Bonchev–Trinajstić information content (AvgIpc) is 2.69. The number of carbonyl (C=O) groups is 2. The maximum absolute atomic E-state index is 12.8. The number of pyridine rings is 1. The Morgan fingerprint density at radius 2 is 1.36 bits per heavy atom. The van der Waals surface area contributed by atoms with Crippen LogP contribution in [0.2, 0.25) is 0 Å². The predicted octanol–water partition coefficient (Wildman–Crippen LogP) is 4.14. The fraction of sp³-hybridized carbons (Fsp3) is 0. The van der Waals surface area contributed by atoms with Crippen LogP contribution < -0.4 is 5.32 Å². The summed E-state index contributed by atoms with van der Waals surface area (Å²) >= 11 is 0. The van der Waals surface area contributed by atoms with Crippen LogP contribution in [0.1, 0.15) is 20.7 Å². The number of anilines is 1. The van der Waals surface area contributed by atoms with Crippen molar-refractivity contribution in [3.63, 3.8) is 0 Å². The summed E-state index contributed by atoms with van der Waals surface area (Å²) in [6, 6.07) is 23.0. The molecule has 0 unspecified atom stereocenters. The van der Waals surface area contributed by atoms with Crippen LogP contribution in [-0.4, -0.2) is 16.6 Å². The summed E-state index contributed by atoms with van der Waals surface area (Å²) in [6.45, 7) is 0. The first-order valence-corrected chi connectivity index (χ1v) is 7.83. The largest absolute Gasteiger partial charge is 0.337 e. The van der Waals surface area contributed by atoms with E-state index in [-0.39, 0.29) is 17.3 Å². The highest BCUT2D eigenvalue weighted by Gasteiger charge is 2.15. The summed E-state index contributed by atoms with van der Waals surface area (Å²) in [4.78, 5) is 29.5. The van der Waals surface area contributed by atoms with E-state index in [9.17, 15) is 9.59 Å². The second-order valence-electron chi connectivity index (χ2n) is 5.32. The molecule has 0 aliphatic heterocycles. The SMILES string of the molecule is O=C(/C=C(/Nc1ccccn1)C(=O)c1ccccc1)c1ccccc1. The molecule has 1 N–H and O–H groups in total. The number of carbonyl (C=O) groups excluding carboxylic acids is 2. The summed E-state index contributed by atoms with van der Waals surface area (Å²) < 4.78 is 0. The molecule has 0 saturated carbocycles. The zero-order valence-electron chi connectivity index (χ0n) is 13.4.